The molecule has 0 spiro atoms. The van der Waals surface area contributed by atoms with Crippen molar-refractivity contribution in [1.82, 2.24) is 0 Å². The SMILES string of the molecule is COC(=O)[C@@H]1CC(=O)N(c2ccccc2N2CCOCC2)C1. The number of amides is 1. The molecule has 3 rings (SSSR count). The summed E-state index contributed by atoms with van der Waals surface area (Å²) in [6.45, 7) is 3.37. The lowest BCUT2D eigenvalue weighted by atomic mass is 10.1. The molecule has 0 saturated carbocycles. The van der Waals surface area contributed by atoms with Crippen LogP contribution in [0.15, 0.2) is 24.3 Å². The zero-order chi connectivity index (χ0) is 15.5. The molecule has 118 valence electrons. The van der Waals surface area contributed by atoms with Gasteiger partial charge in [0.25, 0.3) is 0 Å². The summed E-state index contributed by atoms with van der Waals surface area (Å²) in [5, 5.41) is 0. The average molecular weight is 304 g/mol. The Kier molecular flexibility index (Phi) is 4.29. The zero-order valence-electron chi connectivity index (χ0n) is 12.7. The van der Waals surface area contributed by atoms with Crippen molar-refractivity contribution < 1.29 is 19.1 Å². The number of morpholine rings is 1. The van der Waals surface area contributed by atoms with Gasteiger partial charge in [-0.3, -0.25) is 9.59 Å². The minimum absolute atomic E-state index is 0.0314. The monoisotopic (exact) mass is 304 g/mol. The van der Waals surface area contributed by atoms with Gasteiger partial charge in [0.1, 0.15) is 0 Å². The van der Waals surface area contributed by atoms with Gasteiger partial charge in [-0.05, 0) is 12.1 Å². The highest BCUT2D eigenvalue weighted by Crippen LogP contribution is 2.34. The molecule has 0 bridgehead atoms. The summed E-state index contributed by atoms with van der Waals surface area (Å²) in [6, 6.07) is 7.83. The highest BCUT2D eigenvalue weighted by atomic mass is 16.5. The lowest BCUT2D eigenvalue weighted by Crippen LogP contribution is -2.38. The largest absolute Gasteiger partial charge is 0.469 e. The van der Waals surface area contributed by atoms with Gasteiger partial charge in [0.2, 0.25) is 5.91 Å². The van der Waals surface area contributed by atoms with Crippen molar-refractivity contribution in [2.75, 3.05) is 49.8 Å². The molecule has 0 aliphatic carbocycles. The Bertz CT molecular complexity index is 569. The van der Waals surface area contributed by atoms with E-state index in [2.05, 4.69) is 4.90 Å². The third-order valence-corrected chi connectivity index (χ3v) is 4.18. The van der Waals surface area contributed by atoms with Crippen LogP contribution in [0, 0.1) is 5.92 Å². The van der Waals surface area contributed by atoms with Gasteiger partial charge in [-0.2, -0.15) is 0 Å². The van der Waals surface area contributed by atoms with Gasteiger partial charge in [-0.25, -0.2) is 0 Å². The molecule has 1 aromatic rings. The number of para-hydroxylation sites is 2. The van der Waals surface area contributed by atoms with E-state index in [0.717, 1.165) is 24.5 Å². The number of carbonyl (C=O) groups is 2. The van der Waals surface area contributed by atoms with E-state index < -0.39 is 0 Å². The van der Waals surface area contributed by atoms with Gasteiger partial charge >= 0.3 is 5.97 Å². The van der Waals surface area contributed by atoms with Crippen LogP contribution in [0.5, 0.6) is 0 Å². The summed E-state index contributed by atoms with van der Waals surface area (Å²) in [5.41, 5.74) is 1.88. The summed E-state index contributed by atoms with van der Waals surface area (Å²) in [5.74, 6) is -0.731. The van der Waals surface area contributed by atoms with E-state index in [0.29, 0.717) is 19.8 Å². The Morgan fingerprint density at radius 1 is 1.23 bits per heavy atom. The van der Waals surface area contributed by atoms with Crippen LogP contribution >= 0.6 is 0 Å². The number of nitrogens with zero attached hydrogens (tertiary/aromatic N) is 2. The van der Waals surface area contributed by atoms with Crippen molar-refractivity contribution in [3.63, 3.8) is 0 Å². The second-order valence-corrected chi connectivity index (χ2v) is 5.52. The standard InChI is InChI=1S/C16H20N2O4/c1-21-16(20)12-10-15(19)18(11-12)14-5-3-2-4-13(14)17-6-8-22-9-7-17/h2-5,12H,6-11H2,1H3/t12-/m1/s1. The van der Waals surface area contributed by atoms with E-state index in [9.17, 15) is 9.59 Å². The smallest absolute Gasteiger partial charge is 0.311 e. The third kappa shape index (κ3) is 2.78. The van der Waals surface area contributed by atoms with E-state index in [4.69, 9.17) is 9.47 Å². The first-order valence-electron chi connectivity index (χ1n) is 7.50. The molecule has 6 nitrogen and oxygen atoms in total. The van der Waals surface area contributed by atoms with Crippen LogP contribution < -0.4 is 9.80 Å². The first kappa shape index (κ1) is 14.8. The minimum atomic E-state index is -0.379. The van der Waals surface area contributed by atoms with Gasteiger partial charge in [0, 0.05) is 26.1 Å². The summed E-state index contributed by atoms with van der Waals surface area (Å²) in [7, 11) is 1.36. The highest BCUT2D eigenvalue weighted by Gasteiger charge is 2.37. The molecule has 1 aromatic carbocycles. The lowest BCUT2D eigenvalue weighted by Gasteiger charge is -2.32. The molecule has 6 heteroatoms. The number of carbonyl (C=O) groups excluding carboxylic acids is 2. The average Bonchev–Trinajstić information content (AvgIpc) is 2.96. The number of anilines is 2. The van der Waals surface area contributed by atoms with Crippen molar-refractivity contribution in [2.45, 2.75) is 6.42 Å². The van der Waals surface area contributed by atoms with Crippen LogP contribution in [0.1, 0.15) is 6.42 Å². The molecule has 0 aromatic heterocycles. The summed E-state index contributed by atoms with van der Waals surface area (Å²) in [6.07, 6.45) is 0.212. The quantitative estimate of drug-likeness (QED) is 0.781. The molecule has 2 fully saturated rings. The van der Waals surface area contributed by atoms with Gasteiger partial charge < -0.3 is 19.3 Å². The van der Waals surface area contributed by atoms with Gasteiger partial charge in [-0.1, -0.05) is 12.1 Å². The van der Waals surface area contributed by atoms with Gasteiger partial charge in [0.05, 0.1) is 37.6 Å². The first-order valence-corrected chi connectivity index (χ1v) is 7.50. The molecule has 22 heavy (non-hydrogen) atoms. The lowest BCUT2D eigenvalue weighted by molar-refractivity contribution is -0.145. The fourth-order valence-corrected chi connectivity index (χ4v) is 3.03. The Morgan fingerprint density at radius 2 is 1.91 bits per heavy atom. The molecule has 0 unspecified atom stereocenters. The fraction of sp³-hybridized carbons (Fsp3) is 0.500. The van der Waals surface area contributed by atoms with E-state index in [1.165, 1.54) is 7.11 Å². The second kappa shape index (κ2) is 6.36. The Morgan fingerprint density at radius 3 is 2.59 bits per heavy atom. The van der Waals surface area contributed by atoms with E-state index in [1.807, 2.05) is 24.3 Å². The van der Waals surface area contributed by atoms with E-state index in [1.54, 1.807) is 4.90 Å². The number of benzene rings is 1. The molecule has 1 amide bonds. The van der Waals surface area contributed by atoms with Crippen LogP contribution in [-0.4, -0.2) is 51.8 Å². The highest BCUT2D eigenvalue weighted by molar-refractivity contribution is 6.01. The Balaban J connectivity index is 1.85. The Hall–Kier alpha value is -2.08. The van der Waals surface area contributed by atoms with Crippen molar-refractivity contribution in [2.24, 2.45) is 5.92 Å². The molecule has 0 radical (unpaired) electrons. The van der Waals surface area contributed by atoms with E-state index in [-0.39, 0.29) is 24.2 Å². The number of hydrogen-bond donors (Lipinski definition) is 0. The number of ether oxygens (including phenoxy) is 2. The molecule has 2 aliphatic heterocycles. The zero-order valence-corrected chi connectivity index (χ0v) is 12.7. The van der Waals surface area contributed by atoms with Crippen LogP contribution in [0.3, 0.4) is 0 Å². The van der Waals surface area contributed by atoms with Crippen molar-refractivity contribution in [1.29, 1.82) is 0 Å². The molecular weight excluding hydrogens is 284 g/mol. The summed E-state index contributed by atoms with van der Waals surface area (Å²) < 4.78 is 10.2. The van der Waals surface area contributed by atoms with Crippen LogP contribution in [-0.2, 0) is 19.1 Å². The third-order valence-electron chi connectivity index (χ3n) is 4.18. The fourth-order valence-electron chi connectivity index (χ4n) is 3.03. The topological polar surface area (TPSA) is 59.1 Å². The molecule has 2 heterocycles. The Labute approximate surface area is 129 Å². The molecule has 0 N–H and O–H groups in total. The van der Waals surface area contributed by atoms with Gasteiger partial charge in [-0.15, -0.1) is 0 Å². The predicted molar refractivity (Wildman–Crippen MR) is 82.0 cm³/mol. The maximum atomic E-state index is 12.3. The molecule has 2 aliphatic rings. The maximum absolute atomic E-state index is 12.3. The first-order chi connectivity index (χ1) is 10.7. The van der Waals surface area contributed by atoms with Crippen molar-refractivity contribution in [3.8, 4) is 0 Å². The molecule has 2 saturated heterocycles. The molecule has 1 atom stereocenters. The van der Waals surface area contributed by atoms with Crippen molar-refractivity contribution in [3.05, 3.63) is 24.3 Å². The van der Waals surface area contributed by atoms with Crippen LogP contribution in [0.25, 0.3) is 0 Å². The number of esters is 1. The summed E-state index contributed by atoms with van der Waals surface area (Å²) in [4.78, 5) is 27.9. The number of hydrogen-bond acceptors (Lipinski definition) is 5. The second-order valence-electron chi connectivity index (χ2n) is 5.52. The van der Waals surface area contributed by atoms with Gasteiger partial charge in [0.15, 0.2) is 0 Å². The molecular formula is C16H20N2O4. The van der Waals surface area contributed by atoms with Crippen molar-refractivity contribution >= 4 is 23.3 Å². The number of rotatable bonds is 3. The van der Waals surface area contributed by atoms with Crippen LogP contribution in [0.2, 0.25) is 0 Å². The summed E-state index contributed by atoms with van der Waals surface area (Å²) >= 11 is 0. The predicted octanol–water partition coefficient (Wildman–Crippen LogP) is 1.05. The van der Waals surface area contributed by atoms with E-state index >= 15 is 0 Å². The number of methoxy groups -OCH3 is 1. The normalized spacial score (nSPS) is 22.0. The van der Waals surface area contributed by atoms with Crippen LogP contribution in [0.4, 0.5) is 11.4 Å². The minimum Gasteiger partial charge on any atom is -0.469 e. The maximum Gasteiger partial charge on any atom is 0.311 e.